The molecule has 0 spiro atoms. The van der Waals surface area contributed by atoms with Gasteiger partial charge in [-0.05, 0) is 31.9 Å². The van der Waals surface area contributed by atoms with E-state index in [1.54, 1.807) is 0 Å². The summed E-state index contributed by atoms with van der Waals surface area (Å²) in [7, 11) is 0. The highest BCUT2D eigenvalue weighted by Gasteiger charge is 2.03. The van der Waals surface area contributed by atoms with E-state index in [9.17, 15) is 0 Å². The van der Waals surface area contributed by atoms with Gasteiger partial charge in [-0.15, -0.1) is 0 Å². The Hall–Kier alpha value is -1.00. The van der Waals surface area contributed by atoms with Gasteiger partial charge >= 0.3 is 0 Å². The summed E-state index contributed by atoms with van der Waals surface area (Å²) in [6.07, 6.45) is 1.02. The lowest BCUT2D eigenvalue weighted by atomic mass is 10.2. The predicted molar refractivity (Wildman–Crippen MR) is 73.3 cm³/mol. The third kappa shape index (κ3) is 6.07. The normalized spacial score (nSPS) is 11.2. The average molecular weight is 251 g/mol. The molecule has 0 fully saturated rings. The second-order valence-electron chi connectivity index (χ2n) is 4.99. The van der Waals surface area contributed by atoms with Gasteiger partial charge < -0.3 is 10.1 Å². The Balaban J connectivity index is 2.51. The fourth-order valence-electron chi connectivity index (χ4n) is 1.65. The second kappa shape index (κ2) is 8.16. The molecule has 18 heavy (non-hydrogen) atoms. The summed E-state index contributed by atoms with van der Waals surface area (Å²) in [4.78, 5) is 8.89. The van der Waals surface area contributed by atoms with Gasteiger partial charge in [0.15, 0.2) is 5.82 Å². The molecule has 1 aromatic rings. The zero-order chi connectivity index (χ0) is 13.4. The van der Waals surface area contributed by atoms with Crippen LogP contribution in [-0.4, -0.2) is 23.1 Å². The Morgan fingerprint density at radius 3 is 2.78 bits per heavy atom. The molecule has 0 atom stereocenters. The van der Waals surface area contributed by atoms with Crippen LogP contribution in [0.2, 0.25) is 0 Å². The van der Waals surface area contributed by atoms with Crippen molar-refractivity contribution in [2.45, 2.75) is 47.3 Å². The first-order valence-corrected chi connectivity index (χ1v) is 6.73. The molecule has 0 aromatic carbocycles. The molecule has 102 valence electrons. The van der Waals surface area contributed by atoms with Gasteiger partial charge in [0, 0.05) is 18.8 Å². The minimum absolute atomic E-state index is 0.507. The molecule has 0 amide bonds. The van der Waals surface area contributed by atoms with E-state index in [1.807, 2.05) is 13.0 Å². The van der Waals surface area contributed by atoms with E-state index in [0.29, 0.717) is 12.5 Å². The highest BCUT2D eigenvalue weighted by atomic mass is 16.5. The van der Waals surface area contributed by atoms with Gasteiger partial charge in [-0.2, -0.15) is 0 Å². The number of rotatable bonds is 8. The van der Waals surface area contributed by atoms with E-state index in [4.69, 9.17) is 4.74 Å². The van der Waals surface area contributed by atoms with Crippen LogP contribution < -0.4 is 5.32 Å². The second-order valence-corrected chi connectivity index (χ2v) is 4.99. The summed E-state index contributed by atoms with van der Waals surface area (Å²) < 4.78 is 5.48. The van der Waals surface area contributed by atoms with E-state index in [1.165, 1.54) is 0 Å². The predicted octanol–water partition coefficient (Wildman–Crippen LogP) is 2.46. The van der Waals surface area contributed by atoms with Crippen molar-refractivity contribution >= 4 is 0 Å². The van der Waals surface area contributed by atoms with Gasteiger partial charge in [-0.1, -0.05) is 20.8 Å². The molecule has 0 aliphatic heterocycles. The average Bonchev–Trinajstić information content (AvgIpc) is 2.28. The van der Waals surface area contributed by atoms with Crippen molar-refractivity contribution < 1.29 is 4.74 Å². The Bertz CT molecular complexity index is 353. The number of hydrogen-bond donors (Lipinski definition) is 1. The van der Waals surface area contributed by atoms with Crippen molar-refractivity contribution in [1.82, 2.24) is 15.3 Å². The molecule has 1 heterocycles. The third-order valence-corrected chi connectivity index (χ3v) is 2.39. The SMILES string of the molecule is CCCOCc1nc(C)cc(CNCC(C)C)n1. The van der Waals surface area contributed by atoms with Crippen LogP contribution in [0.4, 0.5) is 0 Å². The Morgan fingerprint density at radius 1 is 1.33 bits per heavy atom. The highest BCUT2D eigenvalue weighted by molar-refractivity contribution is 5.09. The maximum Gasteiger partial charge on any atom is 0.154 e. The van der Waals surface area contributed by atoms with Gasteiger partial charge in [0.1, 0.15) is 6.61 Å². The molecule has 0 radical (unpaired) electrons. The maximum absolute atomic E-state index is 5.48. The molecule has 4 heteroatoms. The van der Waals surface area contributed by atoms with Crippen molar-refractivity contribution in [2.75, 3.05) is 13.2 Å². The minimum Gasteiger partial charge on any atom is -0.373 e. The first-order chi connectivity index (χ1) is 8.61. The van der Waals surface area contributed by atoms with Crippen molar-refractivity contribution in [3.63, 3.8) is 0 Å². The molecule has 0 bridgehead atoms. The molecule has 0 saturated carbocycles. The van der Waals surface area contributed by atoms with Gasteiger partial charge in [0.2, 0.25) is 0 Å². The van der Waals surface area contributed by atoms with Crippen LogP contribution >= 0.6 is 0 Å². The van der Waals surface area contributed by atoms with E-state index in [0.717, 1.165) is 43.3 Å². The number of aryl methyl sites for hydroxylation is 1. The molecule has 1 aromatic heterocycles. The van der Waals surface area contributed by atoms with Crippen LogP contribution in [-0.2, 0) is 17.9 Å². The number of nitrogens with one attached hydrogen (secondary N) is 1. The summed E-state index contributed by atoms with van der Waals surface area (Å²) in [5, 5.41) is 3.39. The van der Waals surface area contributed by atoms with Crippen LogP contribution in [0.15, 0.2) is 6.07 Å². The van der Waals surface area contributed by atoms with Gasteiger partial charge in [-0.3, -0.25) is 0 Å². The van der Waals surface area contributed by atoms with Gasteiger partial charge in [-0.25, -0.2) is 9.97 Å². The van der Waals surface area contributed by atoms with E-state index in [-0.39, 0.29) is 0 Å². The highest BCUT2D eigenvalue weighted by Crippen LogP contribution is 2.03. The largest absolute Gasteiger partial charge is 0.373 e. The lowest BCUT2D eigenvalue weighted by Gasteiger charge is -2.09. The first-order valence-electron chi connectivity index (χ1n) is 6.73. The Kier molecular flexibility index (Phi) is 6.83. The monoisotopic (exact) mass is 251 g/mol. The molecule has 0 aliphatic rings. The Labute approximate surface area is 110 Å². The van der Waals surface area contributed by atoms with Gasteiger partial charge in [0.25, 0.3) is 0 Å². The summed E-state index contributed by atoms with van der Waals surface area (Å²) in [6.45, 7) is 11.6. The number of hydrogen-bond acceptors (Lipinski definition) is 4. The van der Waals surface area contributed by atoms with Gasteiger partial charge in [0.05, 0.1) is 5.69 Å². The smallest absolute Gasteiger partial charge is 0.154 e. The first kappa shape index (κ1) is 15.1. The quantitative estimate of drug-likeness (QED) is 0.721. The lowest BCUT2D eigenvalue weighted by molar-refractivity contribution is 0.115. The summed E-state index contributed by atoms with van der Waals surface area (Å²) in [5.41, 5.74) is 2.04. The van der Waals surface area contributed by atoms with Crippen LogP contribution in [0.5, 0.6) is 0 Å². The van der Waals surface area contributed by atoms with Crippen molar-refractivity contribution in [3.05, 3.63) is 23.3 Å². The zero-order valence-corrected chi connectivity index (χ0v) is 12.0. The fourth-order valence-corrected chi connectivity index (χ4v) is 1.65. The summed E-state index contributed by atoms with van der Waals surface area (Å²) in [5.74, 6) is 1.44. The molecular weight excluding hydrogens is 226 g/mol. The topological polar surface area (TPSA) is 47.0 Å². The van der Waals surface area contributed by atoms with Crippen LogP contribution in [0.25, 0.3) is 0 Å². The summed E-state index contributed by atoms with van der Waals surface area (Å²) in [6, 6.07) is 2.02. The molecular formula is C14H25N3O. The number of aromatic nitrogens is 2. The standard InChI is InChI=1S/C14H25N3O/c1-5-6-18-10-14-16-12(4)7-13(17-14)9-15-8-11(2)3/h7,11,15H,5-6,8-10H2,1-4H3. The lowest BCUT2D eigenvalue weighted by Crippen LogP contribution is -2.20. The minimum atomic E-state index is 0.507. The third-order valence-electron chi connectivity index (χ3n) is 2.39. The van der Waals surface area contributed by atoms with E-state index >= 15 is 0 Å². The van der Waals surface area contributed by atoms with Crippen molar-refractivity contribution in [1.29, 1.82) is 0 Å². The zero-order valence-electron chi connectivity index (χ0n) is 12.0. The maximum atomic E-state index is 5.48. The van der Waals surface area contributed by atoms with Crippen LogP contribution in [0, 0.1) is 12.8 Å². The molecule has 4 nitrogen and oxygen atoms in total. The number of nitrogens with zero attached hydrogens (tertiary/aromatic N) is 2. The van der Waals surface area contributed by atoms with E-state index in [2.05, 4.69) is 36.1 Å². The van der Waals surface area contributed by atoms with Crippen molar-refractivity contribution in [3.8, 4) is 0 Å². The molecule has 0 saturated heterocycles. The van der Waals surface area contributed by atoms with Crippen LogP contribution in [0.3, 0.4) is 0 Å². The molecule has 0 unspecified atom stereocenters. The number of ether oxygens (including phenoxy) is 1. The van der Waals surface area contributed by atoms with Crippen LogP contribution in [0.1, 0.15) is 44.4 Å². The van der Waals surface area contributed by atoms with E-state index < -0.39 is 0 Å². The molecule has 1 rings (SSSR count). The fraction of sp³-hybridized carbons (Fsp3) is 0.714. The molecule has 0 aliphatic carbocycles. The summed E-state index contributed by atoms with van der Waals surface area (Å²) >= 11 is 0. The molecule has 1 N–H and O–H groups in total. The Morgan fingerprint density at radius 2 is 2.11 bits per heavy atom. The van der Waals surface area contributed by atoms with Crippen molar-refractivity contribution in [2.24, 2.45) is 5.92 Å².